The Morgan fingerprint density at radius 3 is 2.56 bits per heavy atom. The summed E-state index contributed by atoms with van der Waals surface area (Å²) < 4.78 is 25.8. The molecule has 3 N–H and O–H groups in total. The van der Waals surface area contributed by atoms with E-state index in [0.29, 0.717) is 12.2 Å². The van der Waals surface area contributed by atoms with Crippen molar-refractivity contribution in [3.63, 3.8) is 0 Å². The average Bonchev–Trinajstić information content (AvgIpc) is 2.35. The SMILES string of the molecule is CCCNc1ccc(C(=O)O)cc1S(=O)(=O)NC. The third-order valence-electron chi connectivity index (χ3n) is 2.35. The van der Waals surface area contributed by atoms with Gasteiger partial charge in [0.15, 0.2) is 0 Å². The molecule has 6 nitrogen and oxygen atoms in total. The number of carboxylic acid groups (broad SMARTS) is 1. The highest BCUT2D eigenvalue weighted by molar-refractivity contribution is 7.89. The third-order valence-corrected chi connectivity index (χ3v) is 3.81. The van der Waals surface area contributed by atoms with Crippen LogP contribution in [0, 0.1) is 0 Å². The van der Waals surface area contributed by atoms with E-state index in [2.05, 4.69) is 10.0 Å². The zero-order chi connectivity index (χ0) is 13.8. The Balaban J connectivity index is 3.31. The van der Waals surface area contributed by atoms with Crippen LogP contribution in [0.3, 0.4) is 0 Å². The van der Waals surface area contributed by atoms with Gasteiger partial charge in [0.05, 0.1) is 11.3 Å². The zero-order valence-electron chi connectivity index (χ0n) is 10.2. The molecule has 0 saturated heterocycles. The summed E-state index contributed by atoms with van der Waals surface area (Å²) >= 11 is 0. The largest absolute Gasteiger partial charge is 0.478 e. The van der Waals surface area contributed by atoms with Crippen LogP contribution in [0.1, 0.15) is 23.7 Å². The van der Waals surface area contributed by atoms with Gasteiger partial charge in [-0.25, -0.2) is 17.9 Å². The van der Waals surface area contributed by atoms with Crippen LogP contribution in [0.2, 0.25) is 0 Å². The minimum atomic E-state index is -3.69. The van der Waals surface area contributed by atoms with Crippen molar-refractivity contribution in [2.75, 3.05) is 18.9 Å². The van der Waals surface area contributed by atoms with Gasteiger partial charge in [0.1, 0.15) is 4.90 Å². The molecule has 100 valence electrons. The molecule has 1 rings (SSSR count). The van der Waals surface area contributed by atoms with Crippen molar-refractivity contribution in [3.05, 3.63) is 23.8 Å². The molecule has 0 saturated carbocycles. The van der Waals surface area contributed by atoms with Gasteiger partial charge in [0, 0.05) is 6.54 Å². The first-order chi connectivity index (χ1) is 8.42. The summed E-state index contributed by atoms with van der Waals surface area (Å²) in [4.78, 5) is 10.8. The molecule has 7 heteroatoms. The van der Waals surface area contributed by atoms with Crippen molar-refractivity contribution in [2.24, 2.45) is 0 Å². The molecular weight excluding hydrogens is 256 g/mol. The van der Waals surface area contributed by atoms with Gasteiger partial charge in [0.25, 0.3) is 0 Å². The van der Waals surface area contributed by atoms with Crippen LogP contribution in [0.5, 0.6) is 0 Å². The lowest BCUT2D eigenvalue weighted by molar-refractivity contribution is 0.0696. The van der Waals surface area contributed by atoms with Gasteiger partial charge in [-0.1, -0.05) is 6.92 Å². The Morgan fingerprint density at radius 2 is 2.06 bits per heavy atom. The average molecular weight is 272 g/mol. The molecule has 0 fully saturated rings. The molecule has 0 amide bonds. The van der Waals surface area contributed by atoms with Crippen molar-refractivity contribution in [3.8, 4) is 0 Å². The molecule has 0 spiro atoms. The molecule has 0 aliphatic rings. The Kier molecular flexibility index (Phi) is 4.69. The number of aromatic carboxylic acids is 1. The normalized spacial score (nSPS) is 11.2. The summed E-state index contributed by atoms with van der Waals surface area (Å²) in [6.07, 6.45) is 0.833. The lowest BCUT2D eigenvalue weighted by Crippen LogP contribution is -2.21. The summed E-state index contributed by atoms with van der Waals surface area (Å²) in [5, 5.41) is 11.8. The van der Waals surface area contributed by atoms with Crippen LogP contribution in [-0.4, -0.2) is 33.1 Å². The van der Waals surface area contributed by atoms with Crippen molar-refractivity contribution < 1.29 is 18.3 Å². The number of sulfonamides is 1. The summed E-state index contributed by atoms with van der Waals surface area (Å²) in [6.45, 7) is 2.56. The first-order valence-corrected chi connectivity index (χ1v) is 6.95. The van der Waals surface area contributed by atoms with Crippen LogP contribution in [0.15, 0.2) is 23.1 Å². The van der Waals surface area contributed by atoms with E-state index in [0.717, 1.165) is 12.5 Å². The highest BCUT2D eigenvalue weighted by Gasteiger charge is 2.18. The van der Waals surface area contributed by atoms with Crippen LogP contribution in [0.25, 0.3) is 0 Å². The highest BCUT2D eigenvalue weighted by atomic mass is 32.2. The predicted octanol–water partition coefficient (Wildman–Crippen LogP) is 1.11. The number of hydrogen-bond donors (Lipinski definition) is 3. The van der Waals surface area contributed by atoms with Gasteiger partial charge >= 0.3 is 5.97 Å². The molecule has 0 aromatic heterocycles. The zero-order valence-corrected chi connectivity index (χ0v) is 11.0. The Morgan fingerprint density at radius 1 is 1.39 bits per heavy atom. The lowest BCUT2D eigenvalue weighted by Gasteiger charge is -2.12. The van der Waals surface area contributed by atoms with Gasteiger partial charge in [-0.15, -0.1) is 0 Å². The minimum Gasteiger partial charge on any atom is -0.478 e. The van der Waals surface area contributed by atoms with Crippen LogP contribution >= 0.6 is 0 Å². The lowest BCUT2D eigenvalue weighted by atomic mass is 10.2. The maximum absolute atomic E-state index is 11.8. The molecule has 1 aromatic rings. The summed E-state index contributed by atoms with van der Waals surface area (Å²) in [5.74, 6) is -1.16. The molecule has 0 radical (unpaired) electrons. The third kappa shape index (κ3) is 3.21. The van der Waals surface area contributed by atoms with E-state index in [-0.39, 0.29) is 10.5 Å². The molecule has 0 aliphatic carbocycles. The summed E-state index contributed by atoms with van der Waals surface area (Å²) in [7, 11) is -2.41. The molecule has 0 heterocycles. The smallest absolute Gasteiger partial charge is 0.335 e. The van der Waals surface area contributed by atoms with E-state index in [1.54, 1.807) is 0 Å². The van der Waals surface area contributed by atoms with Crippen LogP contribution < -0.4 is 10.0 Å². The second-order valence-corrected chi connectivity index (χ2v) is 5.51. The fourth-order valence-electron chi connectivity index (χ4n) is 1.39. The van der Waals surface area contributed by atoms with E-state index in [4.69, 9.17) is 5.11 Å². The van der Waals surface area contributed by atoms with Crippen molar-refractivity contribution in [1.29, 1.82) is 0 Å². The van der Waals surface area contributed by atoms with Gasteiger partial charge in [-0.05, 0) is 31.7 Å². The first-order valence-electron chi connectivity index (χ1n) is 5.47. The van der Waals surface area contributed by atoms with Crippen LogP contribution in [0.4, 0.5) is 5.69 Å². The molecule has 0 aliphatic heterocycles. The van der Waals surface area contributed by atoms with Gasteiger partial charge in [0.2, 0.25) is 10.0 Å². The number of hydrogen-bond acceptors (Lipinski definition) is 4. The number of carbonyl (C=O) groups is 1. The molecule has 0 atom stereocenters. The topological polar surface area (TPSA) is 95.5 Å². The minimum absolute atomic E-state index is 0.0571. The molecular formula is C11H16N2O4S. The van der Waals surface area contributed by atoms with Gasteiger partial charge in [-0.3, -0.25) is 0 Å². The van der Waals surface area contributed by atoms with E-state index in [1.165, 1.54) is 19.2 Å². The second-order valence-electron chi connectivity index (χ2n) is 3.65. The molecule has 18 heavy (non-hydrogen) atoms. The molecule has 1 aromatic carbocycles. The second kappa shape index (κ2) is 5.83. The van der Waals surface area contributed by atoms with E-state index < -0.39 is 16.0 Å². The number of rotatable bonds is 6. The maximum atomic E-state index is 11.8. The fourth-order valence-corrected chi connectivity index (χ4v) is 2.33. The number of carboxylic acids is 1. The monoisotopic (exact) mass is 272 g/mol. The number of nitrogens with one attached hydrogen (secondary N) is 2. The quantitative estimate of drug-likeness (QED) is 0.721. The van der Waals surface area contributed by atoms with E-state index in [1.807, 2.05) is 6.92 Å². The fraction of sp³-hybridized carbons (Fsp3) is 0.364. The van der Waals surface area contributed by atoms with Gasteiger partial charge in [-0.2, -0.15) is 0 Å². The standard InChI is InChI=1S/C11H16N2O4S/c1-3-6-13-9-5-4-8(11(14)15)7-10(9)18(16,17)12-2/h4-5,7,12-13H,3,6H2,1-2H3,(H,14,15). The van der Waals surface area contributed by atoms with E-state index in [9.17, 15) is 13.2 Å². The molecule has 0 bridgehead atoms. The first kappa shape index (κ1) is 14.5. The Bertz CT molecular complexity index is 540. The van der Waals surface area contributed by atoms with Crippen molar-refractivity contribution in [1.82, 2.24) is 4.72 Å². The predicted molar refractivity (Wildman–Crippen MR) is 68.4 cm³/mol. The maximum Gasteiger partial charge on any atom is 0.335 e. The molecule has 0 unspecified atom stereocenters. The van der Waals surface area contributed by atoms with Gasteiger partial charge < -0.3 is 10.4 Å². The summed E-state index contributed by atoms with van der Waals surface area (Å²) in [5.41, 5.74) is 0.335. The highest BCUT2D eigenvalue weighted by Crippen LogP contribution is 2.22. The Hall–Kier alpha value is -1.60. The van der Waals surface area contributed by atoms with E-state index >= 15 is 0 Å². The summed E-state index contributed by atoms with van der Waals surface area (Å²) in [6, 6.07) is 3.98. The van der Waals surface area contributed by atoms with Crippen molar-refractivity contribution in [2.45, 2.75) is 18.2 Å². The van der Waals surface area contributed by atoms with Crippen LogP contribution in [-0.2, 0) is 10.0 Å². The number of benzene rings is 1. The van der Waals surface area contributed by atoms with Crippen molar-refractivity contribution >= 4 is 21.7 Å². The Labute approximate surface area is 106 Å². The number of anilines is 1.